The fourth-order valence-electron chi connectivity index (χ4n) is 4.17. The fraction of sp³-hybridized carbons (Fsp3) is 0.250. The minimum atomic E-state index is -0.693. The molecule has 35 heavy (non-hydrogen) atoms. The Morgan fingerprint density at radius 1 is 1.03 bits per heavy atom. The first-order chi connectivity index (χ1) is 16.9. The number of thiocarbonyl (C=S) groups is 1. The van der Waals surface area contributed by atoms with Gasteiger partial charge in [-0.05, 0) is 73.4 Å². The van der Waals surface area contributed by atoms with E-state index < -0.39 is 6.04 Å². The molecule has 0 radical (unpaired) electrons. The number of nitrogens with zero attached hydrogens (tertiary/aromatic N) is 2. The Hall–Kier alpha value is -3.22. The summed E-state index contributed by atoms with van der Waals surface area (Å²) in [6.45, 7) is 4.54. The molecule has 7 heteroatoms. The van der Waals surface area contributed by atoms with Crippen molar-refractivity contribution in [3.8, 4) is 0 Å². The number of rotatable bonds is 8. The minimum absolute atomic E-state index is 0.000609. The number of benzene rings is 3. The molecule has 5 nitrogen and oxygen atoms in total. The fourth-order valence-corrected chi connectivity index (χ4v) is 4.82. The van der Waals surface area contributed by atoms with E-state index >= 15 is 0 Å². The molecule has 1 atom stereocenters. The second kappa shape index (κ2) is 11.0. The van der Waals surface area contributed by atoms with E-state index in [-0.39, 0.29) is 18.2 Å². The van der Waals surface area contributed by atoms with Gasteiger partial charge in [-0.2, -0.15) is 0 Å². The van der Waals surface area contributed by atoms with Gasteiger partial charge in [0.25, 0.3) is 5.91 Å². The third kappa shape index (κ3) is 5.72. The third-order valence-corrected chi connectivity index (χ3v) is 7.00. The van der Waals surface area contributed by atoms with Gasteiger partial charge in [-0.3, -0.25) is 14.5 Å². The maximum Gasteiger partial charge on any atom is 0.256 e. The molecule has 1 aliphatic heterocycles. The van der Waals surface area contributed by atoms with Crippen LogP contribution in [0, 0.1) is 6.92 Å². The Bertz CT molecular complexity index is 1230. The van der Waals surface area contributed by atoms with Gasteiger partial charge in [-0.15, -0.1) is 0 Å². The Morgan fingerprint density at radius 3 is 2.37 bits per heavy atom. The average Bonchev–Trinajstić information content (AvgIpc) is 3.08. The maximum absolute atomic E-state index is 13.6. The van der Waals surface area contributed by atoms with Crippen LogP contribution in [-0.2, 0) is 22.4 Å². The lowest BCUT2D eigenvalue weighted by atomic mass is 10.1. The van der Waals surface area contributed by atoms with Gasteiger partial charge in [0.15, 0.2) is 5.11 Å². The highest BCUT2D eigenvalue weighted by Crippen LogP contribution is 2.28. The summed E-state index contributed by atoms with van der Waals surface area (Å²) >= 11 is 12.1. The topological polar surface area (TPSA) is 52.7 Å². The Labute approximate surface area is 216 Å². The molecule has 4 rings (SSSR count). The predicted molar refractivity (Wildman–Crippen MR) is 146 cm³/mol. The summed E-state index contributed by atoms with van der Waals surface area (Å²) in [4.78, 5) is 29.9. The minimum Gasteiger partial charge on any atom is -0.336 e. The normalized spacial score (nSPS) is 15.6. The number of halogens is 1. The molecular weight excluding hydrogens is 478 g/mol. The summed E-state index contributed by atoms with van der Waals surface area (Å²) in [7, 11) is 0. The number of hydrogen-bond acceptors (Lipinski definition) is 3. The lowest BCUT2D eigenvalue weighted by Crippen LogP contribution is -2.39. The van der Waals surface area contributed by atoms with E-state index in [1.54, 1.807) is 0 Å². The molecule has 1 saturated heterocycles. The van der Waals surface area contributed by atoms with Crippen molar-refractivity contribution < 1.29 is 9.59 Å². The van der Waals surface area contributed by atoms with E-state index in [1.807, 2.05) is 84.6 Å². The highest BCUT2D eigenvalue weighted by atomic mass is 35.5. The third-order valence-electron chi connectivity index (χ3n) is 6.22. The molecule has 0 aromatic heterocycles. The van der Waals surface area contributed by atoms with Gasteiger partial charge < -0.3 is 10.2 Å². The van der Waals surface area contributed by atoms with Gasteiger partial charge in [0.1, 0.15) is 6.04 Å². The summed E-state index contributed by atoms with van der Waals surface area (Å²) in [5.41, 5.74) is 4.66. The van der Waals surface area contributed by atoms with Crippen LogP contribution in [-0.4, -0.2) is 34.4 Å². The van der Waals surface area contributed by atoms with Gasteiger partial charge in [-0.25, -0.2) is 0 Å². The van der Waals surface area contributed by atoms with Crippen LogP contribution in [0.5, 0.6) is 0 Å². The number of nitrogens with one attached hydrogen (secondary N) is 1. The van der Waals surface area contributed by atoms with E-state index in [9.17, 15) is 9.59 Å². The summed E-state index contributed by atoms with van der Waals surface area (Å²) < 4.78 is 0. The van der Waals surface area contributed by atoms with Crippen LogP contribution in [0.1, 0.15) is 30.0 Å². The highest BCUT2D eigenvalue weighted by Gasteiger charge is 2.43. The van der Waals surface area contributed by atoms with Crippen LogP contribution in [0.2, 0.25) is 5.02 Å². The van der Waals surface area contributed by atoms with Gasteiger partial charge >= 0.3 is 0 Å². The zero-order chi connectivity index (χ0) is 24.9. The zero-order valence-corrected chi connectivity index (χ0v) is 21.4. The first-order valence-electron chi connectivity index (χ1n) is 11.7. The van der Waals surface area contributed by atoms with Crippen molar-refractivity contribution in [3.63, 3.8) is 0 Å². The molecule has 1 heterocycles. The van der Waals surface area contributed by atoms with Crippen molar-refractivity contribution >= 4 is 52.1 Å². The Kier molecular flexibility index (Phi) is 7.83. The molecular formula is C28H28ClN3O2S. The van der Waals surface area contributed by atoms with Crippen LogP contribution >= 0.6 is 23.8 Å². The van der Waals surface area contributed by atoms with Gasteiger partial charge in [0, 0.05) is 17.3 Å². The van der Waals surface area contributed by atoms with E-state index in [4.69, 9.17) is 23.8 Å². The van der Waals surface area contributed by atoms with Gasteiger partial charge in [0.05, 0.1) is 12.1 Å². The lowest BCUT2D eigenvalue weighted by Gasteiger charge is -2.24. The SMILES string of the molecule is CCc1ccc(NC(=O)C[C@H]2C(=O)N(c3ccc(C)cc3)C(=S)N2CCc2ccccc2Cl)cc1. The molecule has 0 saturated carbocycles. The van der Waals surface area contributed by atoms with Crippen LogP contribution in [0.3, 0.4) is 0 Å². The highest BCUT2D eigenvalue weighted by molar-refractivity contribution is 7.80. The number of carbonyl (C=O) groups is 2. The standard InChI is InChI=1S/C28H28ClN3O2S/c1-3-20-10-12-22(13-11-20)30-26(33)18-25-27(34)32(23-14-8-19(2)9-15-23)28(35)31(25)17-16-21-6-4-5-7-24(21)29/h4-15,25H,3,16-18H2,1-2H3,(H,30,33)/t25-/m0/s1. The quantitative estimate of drug-likeness (QED) is 0.394. The molecule has 3 aromatic rings. The van der Waals surface area contributed by atoms with E-state index in [1.165, 1.54) is 10.5 Å². The van der Waals surface area contributed by atoms with E-state index in [0.717, 1.165) is 17.5 Å². The number of carbonyl (C=O) groups excluding carboxylic acids is 2. The first-order valence-corrected chi connectivity index (χ1v) is 12.5. The van der Waals surface area contributed by atoms with Crippen LogP contribution in [0.25, 0.3) is 0 Å². The van der Waals surface area contributed by atoms with Crippen molar-refractivity contribution in [2.45, 2.75) is 39.2 Å². The lowest BCUT2D eigenvalue weighted by molar-refractivity contribution is -0.124. The summed E-state index contributed by atoms with van der Waals surface area (Å²) in [5.74, 6) is -0.432. The zero-order valence-electron chi connectivity index (χ0n) is 19.8. The predicted octanol–water partition coefficient (Wildman–Crippen LogP) is 5.78. The van der Waals surface area contributed by atoms with Crippen LogP contribution in [0.4, 0.5) is 11.4 Å². The molecule has 0 spiro atoms. The monoisotopic (exact) mass is 505 g/mol. The Balaban J connectivity index is 1.55. The largest absolute Gasteiger partial charge is 0.336 e. The van der Waals surface area contributed by atoms with Crippen molar-refractivity contribution in [3.05, 3.63) is 94.5 Å². The number of aryl methyl sites for hydroxylation is 2. The molecule has 0 unspecified atom stereocenters. The molecule has 1 fully saturated rings. The van der Waals surface area contributed by atoms with Crippen LogP contribution < -0.4 is 10.2 Å². The number of amides is 2. The average molecular weight is 506 g/mol. The second-order valence-corrected chi connectivity index (χ2v) is 9.42. The first kappa shape index (κ1) is 24.9. The molecule has 0 bridgehead atoms. The van der Waals surface area contributed by atoms with Crippen molar-refractivity contribution in [2.75, 3.05) is 16.8 Å². The van der Waals surface area contributed by atoms with E-state index in [0.29, 0.717) is 34.5 Å². The number of anilines is 2. The molecule has 2 amide bonds. The smallest absolute Gasteiger partial charge is 0.256 e. The second-order valence-electron chi connectivity index (χ2n) is 8.65. The van der Waals surface area contributed by atoms with Crippen molar-refractivity contribution in [2.24, 2.45) is 0 Å². The van der Waals surface area contributed by atoms with Crippen LogP contribution in [0.15, 0.2) is 72.8 Å². The Morgan fingerprint density at radius 2 is 1.71 bits per heavy atom. The molecule has 1 N–H and O–H groups in total. The molecule has 3 aromatic carbocycles. The summed E-state index contributed by atoms with van der Waals surface area (Å²) in [6.07, 6.45) is 1.53. The molecule has 180 valence electrons. The van der Waals surface area contributed by atoms with Gasteiger partial charge in [0.2, 0.25) is 5.91 Å². The summed E-state index contributed by atoms with van der Waals surface area (Å²) in [6, 6.07) is 22.3. The molecule has 0 aliphatic carbocycles. The molecule has 1 aliphatic rings. The number of hydrogen-bond donors (Lipinski definition) is 1. The maximum atomic E-state index is 13.6. The van der Waals surface area contributed by atoms with Crippen molar-refractivity contribution in [1.29, 1.82) is 0 Å². The van der Waals surface area contributed by atoms with Crippen molar-refractivity contribution in [1.82, 2.24) is 4.90 Å². The van der Waals surface area contributed by atoms with Gasteiger partial charge in [-0.1, -0.05) is 66.6 Å². The van der Waals surface area contributed by atoms with E-state index in [2.05, 4.69) is 12.2 Å². The summed E-state index contributed by atoms with van der Waals surface area (Å²) in [5, 5.41) is 3.99.